The Kier molecular flexibility index (Phi) is 5.73. The number of aryl methyl sites for hydroxylation is 1. The summed E-state index contributed by atoms with van der Waals surface area (Å²) in [6, 6.07) is 9.34. The largest absolute Gasteiger partial charge is 0.497 e. The minimum Gasteiger partial charge on any atom is -0.497 e. The van der Waals surface area contributed by atoms with Gasteiger partial charge in [-0.05, 0) is 36.8 Å². The molecule has 2 heterocycles. The predicted molar refractivity (Wildman–Crippen MR) is 99.7 cm³/mol. The summed E-state index contributed by atoms with van der Waals surface area (Å²) in [5.41, 5.74) is 2.84. The zero-order valence-electron chi connectivity index (χ0n) is 15.6. The predicted octanol–water partition coefficient (Wildman–Crippen LogP) is 2.37. The van der Waals surface area contributed by atoms with Crippen LogP contribution < -0.4 is 9.47 Å². The van der Waals surface area contributed by atoms with Gasteiger partial charge in [-0.25, -0.2) is 0 Å². The topological polar surface area (TPSA) is 54.9 Å². The van der Waals surface area contributed by atoms with E-state index in [0.717, 1.165) is 25.3 Å². The maximum atomic E-state index is 12.9. The quantitative estimate of drug-likeness (QED) is 0.824. The molecule has 6 heteroatoms. The van der Waals surface area contributed by atoms with Gasteiger partial charge in [-0.1, -0.05) is 6.07 Å². The van der Waals surface area contributed by atoms with Gasteiger partial charge in [0.05, 0.1) is 25.5 Å². The van der Waals surface area contributed by atoms with Crippen LogP contribution in [0.2, 0.25) is 0 Å². The number of ether oxygens (including phenoxy) is 2. The van der Waals surface area contributed by atoms with Gasteiger partial charge in [0, 0.05) is 38.9 Å². The van der Waals surface area contributed by atoms with E-state index in [9.17, 15) is 4.79 Å². The number of methoxy groups -OCH3 is 2. The molecule has 0 radical (unpaired) electrons. The first-order valence-electron chi connectivity index (χ1n) is 8.76. The van der Waals surface area contributed by atoms with Crippen LogP contribution in [-0.4, -0.2) is 61.1 Å². The lowest BCUT2D eigenvalue weighted by Crippen LogP contribution is -2.48. The summed E-state index contributed by atoms with van der Waals surface area (Å²) in [5.74, 6) is 1.20. The smallest absolute Gasteiger partial charge is 0.257 e. The third-order valence-electron chi connectivity index (χ3n) is 4.79. The molecule has 1 amide bonds. The van der Waals surface area contributed by atoms with Gasteiger partial charge < -0.3 is 14.4 Å². The normalized spacial score (nSPS) is 15.0. The Morgan fingerprint density at radius 1 is 1.12 bits per heavy atom. The number of hydrogen-bond acceptors (Lipinski definition) is 5. The number of hydrogen-bond donors (Lipinski definition) is 0. The molecular weight excluding hydrogens is 330 g/mol. The molecule has 1 aromatic heterocycles. The monoisotopic (exact) mass is 355 g/mol. The first kappa shape index (κ1) is 18.2. The molecule has 1 fully saturated rings. The lowest BCUT2D eigenvalue weighted by atomic mass is 10.1. The van der Waals surface area contributed by atoms with E-state index < -0.39 is 0 Å². The Labute approximate surface area is 154 Å². The Morgan fingerprint density at radius 3 is 2.54 bits per heavy atom. The van der Waals surface area contributed by atoms with Crippen molar-refractivity contribution < 1.29 is 14.3 Å². The van der Waals surface area contributed by atoms with Gasteiger partial charge in [0.1, 0.15) is 11.5 Å². The van der Waals surface area contributed by atoms with Crippen molar-refractivity contribution in [3.63, 3.8) is 0 Å². The van der Waals surface area contributed by atoms with Crippen molar-refractivity contribution >= 4 is 5.91 Å². The first-order chi connectivity index (χ1) is 12.6. The highest BCUT2D eigenvalue weighted by molar-refractivity contribution is 5.97. The highest BCUT2D eigenvalue weighted by Crippen LogP contribution is 2.25. The zero-order chi connectivity index (χ0) is 18.5. The Balaban J connectivity index is 1.64. The van der Waals surface area contributed by atoms with Crippen molar-refractivity contribution in [2.24, 2.45) is 0 Å². The van der Waals surface area contributed by atoms with Crippen LogP contribution in [0.15, 0.2) is 36.5 Å². The van der Waals surface area contributed by atoms with Crippen LogP contribution in [0.4, 0.5) is 0 Å². The Hall–Kier alpha value is -2.60. The fourth-order valence-corrected chi connectivity index (χ4v) is 3.16. The first-order valence-corrected chi connectivity index (χ1v) is 8.76. The van der Waals surface area contributed by atoms with E-state index >= 15 is 0 Å². The average Bonchev–Trinajstić information content (AvgIpc) is 2.69. The van der Waals surface area contributed by atoms with Crippen molar-refractivity contribution in [3.8, 4) is 11.5 Å². The van der Waals surface area contributed by atoms with Crippen LogP contribution in [0.5, 0.6) is 11.5 Å². The molecule has 3 rings (SSSR count). The highest BCUT2D eigenvalue weighted by atomic mass is 16.5. The minimum atomic E-state index is -0.0191. The molecule has 1 aliphatic heterocycles. The summed E-state index contributed by atoms with van der Waals surface area (Å²) in [7, 11) is 3.17. The molecule has 0 spiro atoms. The molecule has 1 saturated heterocycles. The summed E-state index contributed by atoms with van der Waals surface area (Å²) >= 11 is 0. The van der Waals surface area contributed by atoms with E-state index in [1.807, 2.05) is 17.2 Å². The van der Waals surface area contributed by atoms with Crippen LogP contribution in [0.1, 0.15) is 21.6 Å². The van der Waals surface area contributed by atoms with E-state index in [1.165, 1.54) is 5.56 Å². The number of carbonyl (C=O) groups is 1. The molecule has 26 heavy (non-hydrogen) atoms. The lowest BCUT2D eigenvalue weighted by molar-refractivity contribution is 0.0623. The van der Waals surface area contributed by atoms with Crippen LogP contribution in [0, 0.1) is 6.92 Å². The fourth-order valence-electron chi connectivity index (χ4n) is 3.16. The van der Waals surface area contributed by atoms with Gasteiger partial charge in [-0.3, -0.25) is 14.7 Å². The molecule has 2 aromatic rings. The molecule has 0 aliphatic carbocycles. The van der Waals surface area contributed by atoms with Crippen LogP contribution >= 0.6 is 0 Å². The standard InChI is InChI=1S/C20H25N3O3/c1-15-5-4-8-21-18(15)14-22-9-11-23(12-10-22)20(24)17-13-16(25-2)6-7-19(17)26-3/h4-8,13H,9-12,14H2,1-3H3. The Morgan fingerprint density at radius 2 is 1.88 bits per heavy atom. The average molecular weight is 355 g/mol. The second-order valence-corrected chi connectivity index (χ2v) is 6.40. The minimum absolute atomic E-state index is 0.0191. The van der Waals surface area contributed by atoms with Crippen molar-refractivity contribution in [2.75, 3.05) is 40.4 Å². The lowest BCUT2D eigenvalue weighted by Gasteiger charge is -2.35. The zero-order valence-corrected chi connectivity index (χ0v) is 15.6. The fraction of sp³-hybridized carbons (Fsp3) is 0.400. The molecule has 0 unspecified atom stereocenters. The second-order valence-electron chi connectivity index (χ2n) is 6.40. The molecule has 1 aromatic carbocycles. The van der Waals surface area contributed by atoms with Crippen molar-refractivity contribution in [1.29, 1.82) is 0 Å². The number of aromatic nitrogens is 1. The molecule has 138 valence electrons. The maximum absolute atomic E-state index is 12.9. The van der Waals surface area contributed by atoms with Gasteiger partial charge in [0.15, 0.2) is 0 Å². The molecule has 1 aliphatic rings. The van der Waals surface area contributed by atoms with E-state index in [0.29, 0.717) is 30.2 Å². The van der Waals surface area contributed by atoms with Gasteiger partial charge in [-0.2, -0.15) is 0 Å². The molecule has 0 bridgehead atoms. The van der Waals surface area contributed by atoms with E-state index in [4.69, 9.17) is 9.47 Å². The van der Waals surface area contributed by atoms with E-state index in [2.05, 4.69) is 22.9 Å². The van der Waals surface area contributed by atoms with Crippen LogP contribution in [-0.2, 0) is 6.54 Å². The van der Waals surface area contributed by atoms with E-state index in [-0.39, 0.29) is 5.91 Å². The molecular formula is C20H25N3O3. The number of benzene rings is 1. The van der Waals surface area contributed by atoms with Gasteiger partial charge >= 0.3 is 0 Å². The maximum Gasteiger partial charge on any atom is 0.257 e. The van der Waals surface area contributed by atoms with Crippen molar-refractivity contribution in [2.45, 2.75) is 13.5 Å². The Bertz CT molecular complexity index is 771. The number of nitrogens with zero attached hydrogens (tertiary/aromatic N) is 3. The molecule has 0 saturated carbocycles. The summed E-state index contributed by atoms with van der Waals surface area (Å²) in [6.45, 7) is 5.92. The van der Waals surface area contributed by atoms with Gasteiger partial charge in [0.25, 0.3) is 5.91 Å². The number of rotatable bonds is 5. The molecule has 0 atom stereocenters. The summed E-state index contributed by atoms with van der Waals surface area (Å²) in [5, 5.41) is 0. The van der Waals surface area contributed by atoms with Gasteiger partial charge in [-0.15, -0.1) is 0 Å². The molecule has 6 nitrogen and oxygen atoms in total. The van der Waals surface area contributed by atoms with Crippen LogP contribution in [0.3, 0.4) is 0 Å². The summed E-state index contributed by atoms with van der Waals surface area (Å²) in [6.07, 6.45) is 1.83. The third-order valence-corrected chi connectivity index (χ3v) is 4.79. The van der Waals surface area contributed by atoms with Crippen LogP contribution in [0.25, 0.3) is 0 Å². The second kappa shape index (κ2) is 8.19. The number of amides is 1. The highest BCUT2D eigenvalue weighted by Gasteiger charge is 2.25. The van der Waals surface area contributed by atoms with E-state index in [1.54, 1.807) is 32.4 Å². The van der Waals surface area contributed by atoms with Gasteiger partial charge in [0.2, 0.25) is 0 Å². The molecule has 0 N–H and O–H groups in total. The number of carbonyl (C=O) groups excluding carboxylic acids is 1. The summed E-state index contributed by atoms with van der Waals surface area (Å²) in [4.78, 5) is 21.6. The number of piperazine rings is 1. The SMILES string of the molecule is COc1ccc(OC)c(C(=O)N2CCN(Cc3ncccc3C)CC2)c1. The third kappa shape index (κ3) is 3.96. The van der Waals surface area contributed by atoms with Crippen molar-refractivity contribution in [1.82, 2.24) is 14.8 Å². The summed E-state index contributed by atoms with van der Waals surface area (Å²) < 4.78 is 10.6. The van der Waals surface area contributed by atoms with Crippen molar-refractivity contribution in [3.05, 3.63) is 53.3 Å². The number of pyridine rings is 1.